The van der Waals surface area contributed by atoms with Gasteiger partial charge in [0.15, 0.2) is 5.69 Å². The molecule has 8 nitrogen and oxygen atoms in total. The molecule has 2 aliphatic rings. The van der Waals surface area contributed by atoms with Crippen molar-refractivity contribution in [3.05, 3.63) is 47.3 Å². The average Bonchev–Trinajstić information content (AvgIpc) is 3.30. The number of carbonyl (C=O) groups excluding carboxylic acids is 2. The van der Waals surface area contributed by atoms with Gasteiger partial charge in [-0.05, 0) is 55.9 Å². The van der Waals surface area contributed by atoms with Gasteiger partial charge in [-0.25, -0.2) is 4.79 Å². The van der Waals surface area contributed by atoms with Crippen molar-refractivity contribution in [1.29, 1.82) is 0 Å². The van der Waals surface area contributed by atoms with Crippen molar-refractivity contribution >= 4 is 11.9 Å². The molecule has 8 heteroatoms. The van der Waals surface area contributed by atoms with Crippen molar-refractivity contribution in [2.45, 2.75) is 32.0 Å². The largest absolute Gasteiger partial charge is 0.488 e. The topological polar surface area (TPSA) is 93.9 Å². The predicted octanol–water partition coefficient (Wildman–Crippen LogP) is 1.81. The predicted molar refractivity (Wildman–Crippen MR) is 108 cm³/mol. The zero-order valence-electron chi connectivity index (χ0n) is 17.4. The standard InChI is InChI=1S/C22H27N3O5/c1-13-7-18(23-24(13)2)21(27)25-11-15-9-19(26)20(10-16(15)12-25)30-17-6-4-5-14(8-17)22(28)29-3/h4-8,15-16,19-20,26H,9-12H2,1-3H3/t15-,16+,19+,20+/m0/s1. The van der Waals surface area contributed by atoms with Gasteiger partial charge in [0.05, 0.1) is 18.8 Å². The average molecular weight is 413 g/mol. The number of aliphatic hydroxyl groups is 1. The van der Waals surface area contributed by atoms with E-state index in [2.05, 4.69) is 5.10 Å². The molecule has 160 valence electrons. The lowest BCUT2D eigenvalue weighted by atomic mass is 9.78. The smallest absolute Gasteiger partial charge is 0.337 e. The van der Waals surface area contributed by atoms with E-state index in [1.807, 2.05) is 18.9 Å². The van der Waals surface area contributed by atoms with Crippen LogP contribution in [0.3, 0.4) is 0 Å². The molecule has 1 saturated heterocycles. The summed E-state index contributed by atoms with van der Waals surface area (Å²) in [6.45, 7) is 3.18. The Balaban J connectivity index is 1.42. The molecular weight excluding hydrogens is 386 g/mol. The van der Waals surface area contributed by atoms with Crippen LogP contribution in [0, 0.1) is 18.8 Å². The summed E-state index contributed by atoms with van der Waals surface area (Å²) < 4.78 is 12.5. The van der Waals surface area contributed by atoms with Crippen molar-refractivity contribution in [3.8, 4) is 5.75 Å². The van der Waals surface area contributed by atoms with E-state index in [0.717, 1.165) is 5.69 Å². The number of fused-ring (bicyclic) bond motifs is 1. The fourth-order valence-electron chi connectivity index (χ4n) is 4.50. The Kier molecular flexibility index (Phi) is 5.51. The molecule has 1 amide bonds. The Labute approximate surface area is 175 Å². The first-order valence-electron chi connectivity index (χ1n) is 10.2. The third kappa shape index (κ3) is 3.92. The molecule has 30 heavy (non-hydrogen) atoms. The third-order valence-corrected chi connectivity index (χ3v) is 6.25. The summed E-state index contributed by atoms with van der Waals surface area (Å²) >= 11 is 0. The molecule has 0 radical (unpaired) electrons. The van der Waals surface area contributed by atoms with Gasteiger partial charge in [-0.3, -0.25) is 9.48 Å². The second-order valence-electron chi connectivity index (χ2n) is 8.24. The summed E-state index contributed by atoms with van der Waals surface area (Å²) in [5.74, 6) is 0.534. The van der Waals surface area contributed by atoms with Crippen LogP contribution in [0.15, 0.2) is 30.3 Å². The highest BCUT2D eigenvalue weighted by Gasteiger charge is 2.44. The van der Waals surface area contributed by atoms with Crippen molar-refractivity contribution in [1.82, 2.24) is 14.7 Å². The maximum Gasteiger partial charge on any atom is 0.337 e. The highest BCUT2D eigenvalue weighted by atomic mass is 16.5. The number of methoxy groups -OCH3 is 1. The van der Waals surface area contributed by atoms with Crippen LogP contribution in [0.4, 0.5) is 0 Å². The summed E-state index contributed by atoms with van der Waals surface area (Å²) in [5.41, 5.74) is 1.80. The number of amides is 1. The number of esters is 1. The summed E-state index contributed by atoms with van der Waals surface area (Å²) in [6, 6.07) is 8.58. The minimum atomic E-state index is -0.625. The van der Waals surface area contributed by atoms with E-state index in [9.17, 15) is 14.7 Å². The third-order valence-electron chi connectivity index (χ3n) is 6.25. The lowest BCUT2D eigenvalue weighted by Crippen LogP contribution is -2.42. The maximum absolute atomic E-state index is 12.9. The van der Waals surface area contributed by atoms with Gasteiger partial charge in [0.25, 0.3) is 5.91 Å². The molecular formula is C22H27N3O5. The molecule has 2 aromatic rings. The Hall–Kier alpha value is -2.87. The number of aryl methyl sites for hydroxylation is 2. The molecule has 1 aliphatic carbocycles. The molecule has 1 aliphatic heterocycles. The number of carbonyl (C=O) groups is 2. The van der Waals surface area contributed by atoms with Crippen molar-refractivity contribution in [3.63, 3.8) is 0 Å². The van der Waals surface area contributed by atoms with Crippen molar-refractivity contribution < 1.29 is 24.2 Å². The SMILES string of the molecule is COC(=O)c1cccc(O[C@@H]2C[C@@H]3CN(C(=O)c4cc(C)n(C)n4)C[C@@H]3C[C@H]2O)c1. The van der Waals surface area contributed by atoms with Gasteiger partial charge < -0.3 is 19.5 Å². The normalized spacial score (nSPS) is 25.7. The molecule has 4 rings (SSSR count). The summed E-state index contributed by atoms with van der Waals surface area (Å²) in [5, 5.41) is 14.9. The lowest BCUT2D eigenvalue weighted by molar-refractivity contribution is -0.0231. The highest BCUT2D eigenvalue weighted by molar-refractivity contribution is 5.92. The number of aliphatic hydroxyl groups excluding tert-OH is 1. The van der Waals surface area contributed by atoms with Crippen LogP contribution in [-0.2, 0) is 11.8 Å². The zero-order chi connectivity index (χ0) is 21.4. The zero-order valence-corrected chi connectivity index (χ0v) is 17.4. The van der Waals surface area contributed by atoms with E-state index in [1.165, 1.54) is 7.11 Å². The molecule has 1 aromatic heterocycles. The van der Waals surface area contributed by atoms with Crippen LogP contribution < -0.4 is 4.74 Å². The Morgan fingerprint density at radius 2 is 1.90 bits per heavy atom. The van der Waals surface area contributed by atoms with Crippen LogP contribution >= 0.6 is 0 Å². The van der Waals surface area contributed by atoms with E-state index in [0.29, 0.717) is 42.9 Å². The molecule has 4 atom stereocenters. The van der Waals surface area contributed by atoms with E-state index < -0.39 is 12.1 Å². The number of aromatic nitrogens is 2. The fraction of sp³-hybridized carbons (Fsp3) is 0.500. The van der Waals surface area contributed by atoms with E-state index in [4.69, 9.17) is 9.47 Å². The van der Waals surface area contributed by atoms with Crippen LogP contribution in [0.2, 0.25) is 0 Å². The monoisotopic (exact) mass is 413 g/mol. The first-order chi connectivity index (χ1) is 14.4. The number of hydrogen-bond acceptors (Lipinski definition) is 6. The summed E-state index contributed by atoms with van der Waals surface area (Å²) in [4.78, 5) is 26.4. The Bertz CT molecular complexity index is 936. The number of hydrogen-bond donors (Lipinski definition) is 1. The van der Waals surface area contributed by atoms with Crippen molar-refractivity contribution in [2.24, 2.45) is 18.9 Å². The second kappa shape index (κ2) is 8.10. The Morgan fingerprint density at radius 3 is 2.57 bits per heavy atom. The van der Waals surface area contributed by atoms with Gasteiger partial charge in [0.2, 0.25) is 0 Å². The number of rotatable bonds is 4. The number of benzene rings is 1. The van der Waals surface area contributed by atoms with Crippen LogP contribution in [0.5, 0.6) is 5.75 Å². The first kappa shape index (κ1) is 20.4. The molecule has 0 unspecified atom stereocenters. The quantitative estimate of drug-likeness (QED) is 0.769. The number of likely N-dealkylation sites (tertiary alicyclic amines) is 1. The van der Waals surface area contributed by atoms with Gasteiger partial charge in [0.1, 0.15) is 11.9 Å². The molecule has 2 fully saturated rings. The first-order valence-corrected chi connectivity index (χ1v) is 10.2. The van der Waals surface area contributed by atoms with E-state index in [-0.39, 0.29) is 23.8 Å². The Morgan fingerprint density at radius 1 is 1.17 bits per heavy atom. The fourth-order valence-corrected chi connectivity index (χ4v) is 4.50. The van der Waals surface area contributed by atoms with Crippen molar-refractivity contribution in [2.75, 3.05) is 20.2 Å². The minimum Gasteiger partial charge on any atom is -0.488 e. The van der Waals surface area contributed by atoms with Gasteiger partial charge in [0, 0.05) is 25.8 Å². The molecule has 1 N–H and O–H groups in total. The molecule has 2 heterocycles. The molecule has 1 saturated carbocycles. The van der Waals surface area contributed by atoms with Crippen LogP contribution in [0.25, 0.3) is 0 Å². The number of nitrogens with zero attached hydrogens (tertiary/aromatic N) is 3. The molecule has 1 aromatic carbocycles. The van der Waals surface area contributed by atoms with E-state index >= 15 is 0 Å². The maximum atomic E-state index is 12.9. The minimum absolute atomic E-state index is 0.0640. The van der Waals surface area contributed by atoms with Crippen LogP contribution in [0.1, 0.15) is 39.4 Å². The van der Waals surface area contributed by atoms with Gasteiger partial charge in [-0.15, -0.1) is 0 Å². The van der Waals surface area contributed by atoms with Gasteiger partial charge in [-0.2, -0.15) is 5.10 Å². The van der Waals surface area contributed by atoms with Crippen LogP contribution in [-0.4, -0.2) is 64.1 Å². The molecule has 0 bridgehead atoms. The second-order valence-corrected chi connectivity index (χ2v) is 8.24. The lowest BCUT2D eigenvalue weighted by Gasteiger charge is -2.35. The van der Waals surface area contributed by atoms with Gasteiger partial charge >= 0.3 is 5.97 Å². The van der Waals surface area contributed by atoms with E-state index in [1.54, 1.807) is 35.0 Å². The summed E-state index contributed by atoms with van der Waals surface area (Å²) in [6.07, 6.45) is 0.225. The summed E-state index contributed by atoms with van der Waals surface area (Å²) in [7, 11) is 3.16. The van der Waals surface area contributed by atoms with Gasteiger partial charge in [-0.1, -0.05) is 6.07 Å². The highest BCUT2D eigenvalue weighted by Crippen LogP contribution is 2.38. The number of ether oxygens (including phenoxy) is 2. The molecule has 0 spiro atoms.